The zero-order chi connectivity index (χ0) is 26.9. The van der Waals surface area contributed by atoms with Gasteiger partial charge in [0.1, 0.15) is 23.0 Å². The second kappa shape index (κ2) is 13.6. The van der Waals surface area contributed by atoms with E-state index in [2.05, 4.69) is 109 Å². The highest BCUT2D eigenvalue weighted by Gasteiger charge is 2.21. The van der Waals surface area contributed by atoms with Crippen molar-refractivity contribution in [3.63, 3.8) is 0 Å². The van der Waals surface area contributed by atoms with Crippen LogP contribution in [0.3, 0.4) is 0 Å². The van der Waals surface area contributed by atoms with Crippen LogP contribution in [0.15, 0.2) is 97.1 Å². The SMILES string of the molecule is COc1ccc(P(CN(C)CP(c2ccc(OC)cc2)c2ccc(OC)cc2)c2ccc(OC)cc2)cc1. The number of rotatable bonds is 12. The minimum Gasteiger partial charge on any atom is -0.497 e. The van der Waals surface area contributed by atoms with Crippen molar-refractivity contribution >= 4 is 37.1 Å². The minimum absolute atomic E-state index is 0.624. The van der Waals surface area contributed by atoms with Crippen LogP contribution >= 0.6 is 15.8 Å². The van der Waals surface area contributed by atoms with Crippen molar-refractivity contribution in [2.75, 3.05) is 48.1 Å². The number of benzene rings is 4. The summed E-state index contributed by atoms with van der Waals surface area (Å²) < 4.78 is 21.7. The molecule has 4 aromatic carbocycles. The molecule has 0 atom stereocenters. The van der Waals surface area contributed by atoms with Gasteiger partial charge in [0.25, 0.3) is 0 Å². The average Bonchev–Trinajstić information content (AvgIpc) is 2.99. The molecule has 0 radical (unpaired) electrons. The molecule has 0 bridgehead atoms. The van der Waals surface area contributed by atoms with Gasteiger partial charge in [-0.3, -0.25) is 4.90 Å². The predicted octanol–water partition coefficient (Wildman–Crippen LogP) is 5.13. The number of nitrogens with zero attached hydrogens (tertiary/aromatic N) is 1. The van der Waals surface area contributed by atoms with E-state index in [4.69, 9.17) is 18.9 Å². The average molecular weight is 548 g/mol. The molecule has 198 valence electrons. The molecule has 4 rings (SSSR count). The van der Waals surface area contributed by atoms with Crippen LogP contribution in [-0.2, 0) is 0 Å². The Morgan fingerprint density at radius 2 is 0.632 bits per heavy atom. The van der Waals surface area contributed by atoms with Gasteiger partial charge in [0.15, 0.2) is 0 Å². The third-order valence-corrected chi connectivity index (χ3v) is 11.5. The molecule has 5 nitrogen and oxygen atoms in total. The molecule has 0 aliphatic carbocycles. The quantitative estimate of drug-likeness (QED) is 0.230. The Morgan fingerprint density at radius 3 is 0.816 bits per heavy atom. The summed E-state index contributed by atoms with van der Waals surface area (Å²) in [5.41, 5.74) is 0. The van der Waals surface area contributed by atoms with Gasteiger partial charge in [-0.1, -0.05) is 48.5 Å². The third-order valence-electron chi connectivity index (χ3n) is 6.30. The van der Waals surface area contributed by atoms with Gasteiger partial charge in [0, 0.05) is 12.6 Å². The van der Waals surface area contributed by atoms with E-state index < -0.39 is 15.8 Å². The molecule has 4 aromatic rings. The van der Waals surface area contributed by atoms with Gasteiger partial charge in [-0.2, -0.15) is 0 Å². The van der Waals surface area contributed by atoms with E-state index in [0.29, 0.717) is 0 Å². The summed E-state index contributed by atoms with van der Waals surface area (Å²) in [6.07, 6.45) is 1.86. The normalized spacial score (nSPS) is 11.2. The van der Waals surface area contributed by atoms with E-state index in [1.807, 2.05) is 0 Å². The van der Waals surface area contributed by atoms with Crippen LogP contribution in [0.2, 0.25) is 0 Å². The molecular weight excluding hydrogens is 512 g/mol. The maximum Gasteiger partial charge on any atom is 0.118 e. The number of methoxy groups -OCH3 is 4. The van der Waals surface area contributed by atoms with E-state index in [-0.39, 0.29) is 0 Å². The Balaban J connectivity index is 1.63. The Hall–Kier alpha value is -3.10. The number of hydrogen-bond donors (Lipinski definition) is 0. The molecule has 0 aromatic heterocycles. The molecule has 0 unspecified atom stereocenters. The topological polar surface area (TPSA) is 40.2 Å². The Bertz CT molecular complexity index is 1070. The highest BCUT2D eigenvalue weighted by atomic mass is 31.1. The van der Waals surface area contributed by atoms with Crippen molar-refractivity contribution in [3.8, 4) is 23.0 Å². The fourth-order valence-electron chi connectivity index (χ4n) is 4.20. The van der Waals surface area contributed by atoms with Gasteiger partial charge in [-0.25, -0.2) is 0 Å². The number of ether oxygens (including phenoxy) is 4. The van der Waals surface area contributed by atoms with Crippen LogP contribution in [0.1, 0.15) is 0 Å². The zero-order valence-corrected chi connectivity index (χ0v) is 24.4. The summed E-state index contributed by atoms with van der Waals surface area (Å²) in [6, 6.07) is 34.0. The first-order valence-corrected chi connectivity index (χ1v) is 15.4. The summed E-state index contributed by atoms with van der Waals surface area (Å²) in [7, 11) is 7.80. The van der Waals surface area contributed by atoms with Crippen molar-refractivity contribution in [1.82, 2.24) is 4.90 Å². The van der Waals surface area contributed by atoms with E-state index in [0.717, 1.165) is 35.6 Å². The smallest absolute Gasteiger partial charge is 0.118 e. The molecule has 0 spiro atoms. The van der Waals surface area contributed by atoms with Crippen LogP contribution in [0.25, 0.3) is 0 Å². The van der Waals surface area contributed by atoms with Gasteiger partial charge >= 0.3 is 0 Å². The number of hydrogen-bond acceptors (Lipinski definition) is 5. The van der Waals surface area contributed by atoms with E-state index >= 15 is 0 Å². The molecule has 0 saturated heterocycles. The van der Waals surface area contributed by atoms with E-state index in [1.165, 1.54) is 21.2 Å². The Labute approximate surface area is 228 Å². The van der Waals surface area contributed by atoms with E-state index in [1.54, 1.807) is 28.4 Å². The maximum atomic E-state index is 5.41. The van der Waals surface area contributed by atoms with Gasteiger partial charge < -0.3 is 18.9 Å². The monoisotopic (exact) mass is 547 g/mol. The van der Waals surface area contributed by atoms with Crippen molar-refractivity contribution in [2.24, 2.45) is 0 Å². The molecule has 0 aliphatic heterocycles. The van der Waals surface area contributed by atoms with Gasteiger partial charge in [0.2, 0.25) is 0 Å². The summed E-state index contributed by atoms with van der Waals surface area (Å²) >= 11 is 0. The van der Waals surface area contributed by atoms with E-state index in [9.17, 15) is 0 Å². The molecule has 0 fully saturated rings. The van der Waals surface area contributed by atoms with Crippen LogP contribution in [0.4, 0.5) is 0 Å². The van der Waals surface area contributed by atoms with Crippen LogP contribution in [-0.4, -0.2) is 53.0 Å². The van der Waals surface area contributed by atoms with Gasteiger partial charge in [-0.15, -0.1) is 0 Å². The first-order chi connectivity index (χ1) is 18.5. The second-order valence-electron chi connectivity index (χ2n) is 8.79. The Kier molecular flexibility index (Phi) is 10.0. The third kappa shape index (κ3) is 7.05. The summed E-state index contributed by atoms with van der Waals surface area (Å²) in [6.45, 7) is 0. The lowest BCUT2D eigenvalue weighted by Gasteiger charge is -2.29. The zero-order valence-electron chi connectivity index (χ0n) is 22.6. The molecule has 7 heteroatoms. The lowest BCUT2D eigenvalue weighted by atomic mass is 10.3. The molecule has 38 heavy (non-hydrogen) atoms. The molecule has 0 amide bonds. The molecule has 0 heterocycles. The maximum absolute atomic E-state index is 5.41. The predicted molar refractivity (Wildman–Crippen MR) is 162 cm³/mol. The van der Waals surface area contributed by atoms with Crippen LogP contribution in [0, 0.1) is 0 Å². The fraction of sp³-hybridized carbons (Fsp3) is 0.226. The van der Waals surface area contributed by atoms with Crippen LogP contribution < -0.4 is 40.2 Å². The van der Waals surface area contributed by atoms with Gasteiger partial charge in [-0.05, 0) is 92.6 Å². The Morgan fingerprint density at radius 1 is 0.421 bits per heavy atom. The molecule has 0 aliphatic rings. The largest absolute Gasteiger partial charge is 0.497 e. The van der Waals surface area contributed by atoms with Crippen LogP contribution in [0.5, 0.6) is 23.0 Å². The lowest BCUT2D eigenvalue weighted by Crippen LogP contribution is -2.29. The first-order valence-electron chi connectivity index (χ1n) is 12.3. The molecular formula is C31H35NO4P2. The molecule has 0 saturated carbocycles. The highest BCUT2D eigenvalue weighted by Crippen LogP contribution is 2.40. The summed E-state index contributed by atoms with van der Waals surface area (Å²) in [5.74, 6) is 3.48. The van der Waals surface area contributed by atoms with Crippen molar-refractivity contribution in [2.45, 2.75) is 0 Å². The minimum atomic E-state index is -0.624. The summed E-state index contributed by atoms with van der Waals surface area (Å²) in [4.78, 5) is 2.47. The molecule has 0 N–H and O–H groups in total. The first kappa shape index (κ1) is 27.9. The fourth-order valence-corrected chi connectivity index (χ4v) is 8.81. The second-order valence-corrected chi connectivity index (χ2v) is 13.1. The van der Waals surface area contributed by atoms with Crippen molar-refractivity contribution < 1.29 is 18.9 Å². The summed E-state index contributed by atoms with van der Waals surface area (Å²) in [5, 5.41) is 5.26. The van der Waals surface area contributed by atoms with Crippen molar-refractivity contribution in [1.29, 1.82) is 0 Å². The van der Waals surface area contributed by atoms with Crippen molar-refractivity contribution in [3.05, 3.63) is 97.1 Å². The lowest BCUT2D eigenvalue weighted by molar-refractivity contribution is 0.415. The highest BCUT2D eigenvalue weighted by molar-refractivity contribution is 7.73. The van der Waals surface area contributed by atoms with Gasteiger partial charge in [0.05, 0.1) is 28.4 Å². The standard InChI is InChI=1S/C31H35NO4P2/c1-32(22-37(28-14-6-24(33-2)7-15-28)29-16-8-25(34-3)9-17-29)23-38(30-18-10-26(35-4)11-19-30)31-20-12-27(36-5)13-21-31/h6-21H,22-23H2,1-5H3.